The lowest BCUT2D eigenvalue weighted by atomic mass is 10.0. The summed E-state index contributed by atoms with van der Waals surface area (Å²) < 4.78 is 37.5. The van der Waals surface area contributed by atoms with Crippen LogP contribution in [0, 0.1) is 12.3 Å². The van der Waals surface area contributed by atoms with E-state index in [9.17, 15) is 18.3 Å². The average Bonchev–Trinajstić information content (AvgIpc) is 2.16. The quantitative estimate of drug-likeness (QED) is 0.827. The van der Waals surface area contributed by atoms with Crippen molar-refractivity contribution in [2.45, 2.75) is 18.7 Å². The molecule has 0 fully saturated rings. The lowest BCUT2D eigenvalue weighted by molar-refractivity contribution is -0.138. The van der Waals surface area contributed by atoms with Gasteiger partial charge in [0.05, 0.1) is 11.7 Å². The molecule has 1 N–H and O–H groups in total. The van der Waals surface area contributed by atoms with Gasteiger partial charge in [-0.15, -0.1) is 12.3 Å². The van der Waals surface area contributed by atoms with Crippen molar-refractivity contribution in [1.82, 2.24) is 0 Å². The molecule has 0 heterocycles. The normalized spacial score (nSPS) is 13.2. The highest BCUT2D eigenvalue weighted by molar-refractivity contribution is 9.10. The number of alkyl halides is 3. The highest BCUT2D eigenvalue weighted by Crippen LogP contribution is 2.36. The molecule has 16 heavy (non-hydrogen) atoms. The van der Waals surface area contributed by atoms with Gasteiger partial charge in [0.1, 0.15) is 0 Å². The van der Waals surface area contributed by atoms with E-state index >= 15 is 0 Å². The van der Waals surface area contributed by atoms with Gasteiger partial charge in [0, 0.05) is 10.9 Å². The first-order valence-corrected chi connectivity index (χ1v) is 5.13. The van der Waals surface area contributed by atoms with E-state index in [4.69, 9.17) is 6.42 Å². The van der Waals surface area contributed by atoms with E-state index in [-0.39, 0.29) is 16.5 Å². The minimum absolute atomic E-state index is 0.0150. The Morgan fingerprint density at radius 3 is 2.56 bits per heavy atom. The largest absolute Gasteiger partial charge is 0.417 e. The molecule has 1 aromatic carbocycles. The van der Waals surface area contributed by atoms with Crippen LogP contribution < -0.4 is 0 Å². The Morgan fingerprint density at radius 2 is 2.06 bits per heavy atom. The van der Waals surface area contributed by atoms with Crippen molar-refractivity contribution >= 4 is 15.9 Å². The Kier molecular flexibility index (Phi) is 4.00. The molecule has 1 atom stereocenters. The van der Waals surface area contributed by atoms with Crippen LogP contribution in [0.5, 0.6) is 0 Å². The molecule has 0 aliphatic carbocycles. The standard InChI is InChI=1S/C11H8BrF3O/c1-2-3-10(16)7-4-5-9(12)8(6-7)11(13,14)15/h1,4-6,10,16H,3H2. The molecule has 0 spiro atoms. The van der Waals surface area contributed by atoms with Crippen molar-refractivity contribution in [3.05, 3.63) is 33.8 Å². The number of rotatable bonds is 2. The molecular weight excluding hydrogens is 285 g/mol. The first-order chi connectivity index (χ1) is 7.36. The van der Waals surface area contributed by atoms with Crippen LogP contribution >= 0.6 is 15.9 Å². The molecule has 86 valence electrons. The van der Waals surface area contributed by atoms with Crippen LogP contribution in [0.2, 0.25) is 0 Å². The van der Waals surface area contributed by atoms with Crippen LogP contribution in [-0.4, -0.2) is 5.11 Å². The van der Waals surface area contributed by atoms with Gasteiger partial charge in [0.15, 0.2) is 0 Å². The number of hydrogen-bond acceptors (Lipinski definition) is 1. The zero-order chi connectivity index (χ0) is 12.3. The molecular formula is C11H8BrF3O. The fraction of sp³-hybridized carbons (Fsp3) is 0.273. The summed E-state index contributed by atoms with van der Waals surface area (Å²) in [6.45, 7) is 0. The van der Waals surface area contributed by atoms with Gasteiger partial charge in [-0.2, -0.15) is 13.2 Å². The molecule has 1 unspecified atom stereocenters. The molecule has 1 rings (SSSR count). The molecule has 1 aromatic rings. The number of terminal acetylenes is 1. The predicted molar refractivity (Wildman–Crippen MR) is 57.6 cm³/mol. The van der Waals surface area contributed by atoms with Crippen LogP contribution in [0.3, 0.4) is 0 Å². The average molecular weight is 293 g/mol. The van der Waals surface area contributed by atoms with E-state index in [1.54, 1.807) is 0 Å². The zero-order valence-electron chi connectivity index (χ0n) is 8.05. The van der Waals surface area contributed by atoms with E-state index in [0.717, 1.165) is 6.07 Å². The van der Waals surface area contributed by atoms with Crippen molar-refractivity contribution in [1.29, 1.82) is 0 Å². The maximum atomic E-state index is 12.5. The van der Waals surface area contributed by atoms with Crippen LogP contribution in [0.15, 0.2) is 22.7 Å². The SMILES string of the molecule is C#CCC(O)c1ccc(Br)c(C(F)(F)F)c1. The van der Waals surface area contributed by atoms with Crippen molar-refractivity contribution in [2.24, 2.45) is 0 Å². The van der Waals surface area contributed by atoms with Gasteiger partial charge in [-0.1, -0.05) is 22.0 Å². The number of aliphatic hydroxyl groups is 1. The molecule has 0 aromatic heterocycles. The van der Waals surface area contributed by atoms with E-state index in [1.807, 2.05) is 0 Å². The Bertz CT molecular complexity index is 420. The van der Waals surface area contributed by atoms with Gasteiger partial charge < -0.3 is 5.11 Å². The summed E-state index contributed by atoms with van der Waals surface area (Å²) in [5.41, 5.74) is -0.658. The topological polar surface area (TPSA) is 20.2 Å². The van der Waals surface area contributed by atoms with Crippen LogP contribution in [0.4, 0.5) is 13.2 Å². The number of aliphatic hydroxyl groups excluding tert-OH is 1. The van der Waals surface area contributed by atoms with Crippen molar-refractivity contribution in [3.8, 4) is 12.3 Å². The molecule has 0 saturated carbocycles. The third-order valence-corrected chi connectivity index (χ3v) is 2.68. The lowest BCUT2D eigenvalue weighted by Crippen LogP contribution is -2.08. The maximum Gasteiger partial charge on any atom is 0.417 e. The summed E-state index contributed by atoms with van der Waals surface area (Å²) in [5.74, 6) is 2.20. The van der Waals surface area contributed by atoms with Crippen molar-refractivity contribution in [3.63, 3.8) is 0 Å². The molecule has 0 saturated heterocycles. The van der Waals surface area contributed by atoms with E-state index in [2.05, 4.69) is 21.9 Å². The highest BCUT2D eigenvalue weighted by atomic mass is 79.9. The minimum atomic E-state index is -4.45. The second kappa shape index (κ2) is 4.89. The molecule has 0 bridgehead atoms. The zero-order valence-corrected chi connectivity index (χ0v) is 9.64. The monoisotopic (exact) mass is 292 g/mol. The second-order valence-corrected chi connectivity index (χ2v) is 4.02. The van der Waals surface area contributed by atoms with Gasteiger partial charge in [-0.3, -0.25) is 0 Å². The maximum absolute atomic E-state index is 12.5. The Hall–Kier alpha value is -0.990. The molecule has 1 nitrogen and oxygen atoms in total. The second-order valence-electron chi connectivity index (χ2n) is 3.16. The third kappa shape index (κ3) is 3.00. The number of benzene rings is 1. The summed E-state index contributed by atoms with van der Waals surface area (Å²) in [5, 5.41) is 9.48. The summed E-state index contributed by atoms with van der Waals surface area (Å²) in [4.78, 5) is 0. The molecule has 5 heteroatoms. The van der Waals surface area contributed by atoms with Gasteiger partial charge in [0.25, 0.3) is 0 Å². The number of halogens is 4. The predicted octanol–water partition coefficient (Wildman–Crippen LogP) is 3.52. The third-order valence-electron chi connectivity index (χ3n) is 1.99. The summed E-state index contributed by atoms with van der Waals surface area (Å²) in [7, 11) is 0. The Labute approximate surface area is 99.4 Å². The van der Waals surface area contributed by atoms with Crippen LogP contribution in [0.1, 0.15) is 23.7 Å². The fourth-order valence-corrected chi connectivity index (χ4v) is 1.67. The number of hydrogen-bond donors (Lipinski definition) is 1. The fourth-order valence-electron chi connectivity index (χ4n) is 1.20. The lowest BCUT2D eigenvalue weighted by Gasteiger charge is -2.13. The minimum Gasteiger partial charge on any atom is -0.387 e. The summed E-state index contributed by atoms with van der Waals surface area (Å²) in [6.07, 6.45) is -0.560. The summed E-state index contributed by atoms with van der Waals surface area (Å²) in [6, 6.07) is 3.55. The van der Waals surface area contributed by atoms with E-state index < -0.39 is 17.8 Å². The van der Waals surface area contributed by atoms with Crippen molar-refractivity contribution < 1.29 is 18.3 Å². The Balaban J connectivity index is 3.13. The van der Waals surface area contributed by atoms with E-state index in [0.29, 0.717) is 0 Å². The van der Waals surface area contributed by atoms with Gasteiger partial charge in [-0.05, 0) is 17.7 Å². The highest BCUT2D eigenvalue weighted by Gasteiger charge is 2.33. The molecule has 0 amide bonds. The first kappa shape index (κ1) is 13.1. The smallest absolute Gasteiger partial charge is 0.387 e. The van der Waals surface area contributed by atoms with Gasteiger partial charge in [0.2, 0.25) is 0 Å². The van der Waals surface area contributed by atoms with Crippen LogP contribution in [0.25, 0.3) is 0 Å². The van der Waals surface area contributed by atoms with Gasteiger partial charge in [-0.25, -0.2) is 0 Å². The molecule has 0 aliphatic heterocycles. The van der Waals surface area contributed by atoms with Gasteiger partial charge >= 0.3 is 6.18 Å². The van der Waals surface area contributed by atoms with Crippen molar-refractivity contribution in [2.75, 3.05) is 0 Å². The first-order valence-electron chi connectivity index (χ1n) is 4.34. The van der Waals surface area contributed by atoms with Crippen LogP contribution in [-0.2, 0) is 6.18 Å². The molecule has 0 radical (unpaired) electrons. The molecule has 0 aliphatic rings. The summed E-state index contributed by atoms with van der Waals surface area (Å²) >= 11 is 2.81. The Morgan fingerprint density at radius 1 is 1.44 bits per heavy atom. The van der Waals surface area contributed by atoms with E-state index in [1.165, 1.54) is 12.1 Å².